The van der Waals surface area contributed by atoms with Gasteiger partial charge in [-0.25, -0.2) is 0 Å². The van der Waals surface area contributed by atoms with Crippen LogP contribution in [0, 0.1) is 18.3 Å². The molecule has 3 aromatic rings. The number of furan rings is 1. The van der Waals surface area contributed by atoms with Crippen molar-refractivity contribution < 1.29 is 9.21 Å². The van der Waals surface area contributed by atoms with Crippen LogP contribution < -0.4 is 5.32 Å². The van der Waals surface area contributed by atoms with E-state index in [2.05, 4.69) is 11.4 Å². The zero-order valence-corrected chi connectivity index (χ0v) is 13.6. The number of thiophene rings is 1. The van der Waals surface area contributed by atoms with Crippen LogP contribution in [0.2, 0.25) is 0 Å². The van der Waals surface area contributed by atoms with E-state index in [9.17, 15) is 10.1 Å². The second-order valence-corrected chi connectivity index (χ2v) is 6.11. The molecule has 0 fully saturated rings. The highest BCUT2D eigenvalue weighted by atomic mass is 32.1. The van der Waals surface area contributed by atoms with Crippen molar-refractivity contribution in [1.29, 1.82) is 5.26 Å². The van der Waals surface area contributed by atoms with Gasteiger partial charge in [0, 0.05) is 17.3 Å². The highest BCUT2D eigenvalue weighted by molar-refractivity contribution is 7.10. The molecule has 3 aromatic heterocycles. The van der Waals surface area contributed by atoms with Gasteiger partial charge in [0.1, 0.15) is 23.0 Å². The summed E-state index contributed by atoms with van der Waals surface area (Å²) >= 11 is 1.58. The summed E-state index contributed by atoms with van der Waals surface area (Å²) in [5, 5.41) is 14.4. The molecular weight excluding hydrogens is 310 g/mol. The number of amides is 1. The number of rotatable bonds is 4. The first-order valence-electron chi connectivity index (χ1n) is 7.13. The van der Waals surface area contributed by atoms with Gasteiger partial charge in [-0.15, -0.1) is 11.3 Å². The lowest BCUT2D eigenvalue weighted by molar-refractivity contribution is 0.0938. The topological polar surface area (TPSA) is 71.0 Å². The molecule has 5 nitrogen and oxygen atoms in total. The first kappa shape index (κ1) is 15.1. The lowest BCUT2D eigenvalue weighted by Gasteiger charge is -2.11. The van der Waals surface area contributed by atoms with Gasteiger partial charge in [-0.2, -0.15) is 5.26 Å². The van der Waals surface area contributed by atoms with E-state index < -0.39 is 0 Å². The van der Waals surface area contributed by atoms with Crippen LogP contribution in [0.25, 0.3) is 5.88 Å². The summed E-state index contributed by atoms with van der Waals surface area (Å²) in [6, 6.07) is 9.53. The first-order chi connectivity index (χ1) is 11.1. The van der Waals surface area contributed by atoms with Gasteiger partial charge in [-0.1, -0.05) is 6.07 Å². The molecule has 0 unspecified atom stereocenters. The largest absolute Gasteiger partial charge is 0.443 e. The number of nitrogens with zero attached hydrogens (tertiary/aromatic N) is 2. The number of carbonyl (C=O) groups is 1. The Balaban J connectivity index is 1.93. The molecule has 3 heterocycles. The molecule has 1 N–H and O–H groups in total. The maximum absolute atomic E-state index is 12.6. The monoisotopic (exact) mass is 325 g/mol. The zero-order chi connectivity index (χ0) is 16.4. The third kappa shape index (κ3) is 2.79. The average Bonchev–Trinajstić information content (AvgIpc) is 3.27. The van der Waals surface area contributed by atoms with Gasteiger partial charge >= 0.3 is 0 Å². The third-order valence-corrected chi connectivity index (χ3v) is 4.62. The predicted molar refractivity (Wildman–Crippen MR) is 87.7 cm³/mol. The van der Waals surface area contributed by atoms with E-state index in [1.807, 2.05) is 36.6 Å². The lowest BCUT2D eigenvalue weighted by Crippen LogP contribution is -2.27. The van der Waals surface area contributed by atoms with Crippen molar-refractivity contribution in [3.8, 4) is 12.0 Å². The molecule has 0 aliphatic carbocycles. The van der Waals surface area contributed by atoms with Crippen molar-refractivity contribution in [2.45, 2.75) is 19.9 Å². The smallest absolute Gasteiger partial charge is 0.256 e. The molecule has 1 amide bonds. The first-order valence-corrected chi connectivity index (χ1v) is 8.01. The molecule has 0 spiro atoms. The van der Waals surface area contributed by atoms with Gasteiger partial charge in [-0.3, -0.25) is 9.36 Å². The van der Waals surface area contributed by atoms with Crippen molar-refractivity contribution >= 4 is 17.2 Å². The van der Waals surface area contributed by atoms with Gasteiger partial charge in [0.15, 0.2) is 0 Å². The molecule has 0 aliphatic rings. The fraction of sp³-hybridized carbons (Fsp3) is 0.176. The van der Waals surface area contributed by atoms with Gasteiger partial charge in [0.25, 0.3) is 5.91 Å². The number of aryl methyl sites for hydroxylation is 1. The summed E-state index contributed by atoms with van der Waals surface area (Å²) in [6.45, 7) is 3.61. The minimum atomic E-state index is -0.304. The molecule has 0 aromatic carbocycles. The second-order valence-electron chi connectivity index (χ2n) is 5.13. The summed E-state index contributed by atoms with van der Waals surface area (Å²) in [6.07, 6.45) is 3.55. The van der Waals surface area contributed by atoms with Crippen molar-refractivity contribution in [2.75, 3.05) is 0 Å². The van der Waals surface area contributed by atoms with Crippen molar-refractivity contribution in [1.82, 2.24) is 9.88 Å². The summed E-state index contributed by atoms with van der Waals surface area (Å²) in [7, 11) is 0. The fourth-order valence-corrected chi connectivity index (χ4v) is 3.17. The van der Waals surface area contributed by atoms with Gasteiger partial charge in [-0.05, 0) is 37.4 Å². The summed E-state index contributed by atoms with van der Waals surface area (Å²) in [4.78, 5) is 13.7. The van der Waals surface area contributed by atoms with Gasteiger partial charge in [0.2, 0.25) is 5.88 Å². The van der Waals surface area contributed by atoms with E-state index in [1.54, 1.807) is 35.2 Å². The molecule has 0 bridgehead atoms. The Bertz CT molecular complexity index is 855. The Labute approximate surface area is 137 Å². The maximum Gasteiger partial charge on any atom is 0.256 e. The Hall–Kier alpha value is -2.78. The summed E-state index contributed by atoms with van der Waals surface area (Å²) < 4.78 is 7.34. The van der Waals surface area contributed by atoms with E-state index >= 15 is 0 Å². The molecule has 23 heavy (non-hydrogen) atoms. The molecule has 3 rings (SSSR count). The Kier molecular flexibility index (Phi) is 4.04. The van der Waals surface area contributed by atoms with E-state index in [0.29, 0.717) is 17.2 Å². The molecular formula is C17H15N3O2S. The number of aromatic nitrogens is 1. The third-order valence-electron chi connectivity index (χ3n) is 3.56. The maximum atomic E-state index is 12.6. The standard InChI is InChI=1S/C17H15N3O2S/c1-11(14-6-5-9-23-14)19-16(21)15-12(2)22-17(13(15)10-18)20-7-3-4-8-20/h3-9,11H,1-2H3,(H,19,21)/t11-/m0/s1. The summed E-state index contributed by atoms with van der Waals surface area (Å²) in [5.41, 5.74) is 0.536. The van der Waals surface area contributed by atoms with E-state index in [1.165, 1.54) is 0 Å². The van der Waals surface area contributed by atoms with Gasteiger partial charge < -0.3 is 9.73 Å². The Morgan fingerprint density at radius 1 is 1.39 bits per heavy atom. The number of nitrogens with one attached hydrogen (secondary N) is 1. The van der Waals surface area contributed by atoms with Crippen molar-refractivity contribution in [3.05, 3.63) is 63.8 Å². The molecule has 6 heteroatoms. The molecule has 0 aliphatic heterocycles. The SMILES string of the molecule is Cc1oc(-n2cccc2)c(C#N)c1C(=O)N[C@@H](C)c1cccs1. The predicted octanol–water partition coefficient (Wildman–Crippen LogP) is 3.80. The highest BCUT2D eigenvalue weighted by Gasteiger charge is 2.25. The van der Waals surface area contributed by atoms with E-state index in [0.717, 1.165) is 4.88 Å². The van der Waals surface area contributed by atoms with Crippen LogP contribution in [-0.4, -0.2) is 10.5 Å². The van der Waals surface area contributed by atoms with Crippen molar-refractivity contribution in [3.63, 3.8) is 0 Å². The van der Waals surface area contributed by atoms with Crippen molar-refractivity contribution in [2.24, 2.45) is 0 Å². The number of carbonyl (C=O) groups excluding carboxylic acids is 1. The Morgan fingerprint density at radius 2 is 2.13 bits per heavy atom. The molecule has 0 saturated carbocycles. The lowest BCUT2D eigenvalue weighted by atomic mass is 10.1. The fourth-order valence-electron chi connectivity index (χ4n) is 2.44. The van der Waals surface area contributed by atoms with Crippen LogP contribution >= 0.6 is 11.3 Å². The van der Waals surface area contributed by atoms with E-state index in [4.69, 9.17) is 4.42 Å². The van der Waals surface area contributed by atoms with Gasteiger partial charge in [0.05, 0.1) is 6.04 Å². The molecule has 0 saturated heterocycles. The Morgan fingerprint density at radius 3 is 2.74 bits per heavy atom. The molecule has 116 valence electrons. The van der Waals surface area contributed by atoms with Crippen LogP contribution in [0.5, 0.6) is 0 Å². The average molecular weight is 325 g/mol. The minimum Gasteiger partial charge on any atom is -0.443 e. The molecule has 0 radical (unpaired) electrons. The normalized spacial score (nSPS) is 11.9. The quantitative estimate of drug-likeness (QED) is 0.793. The highest BCUT2D eigenvalue weighted by Crippen LogP contribution is 2.26. The van der Waals surface area contributed by atoms with Crippen LogP contribution in [0.15, 0.2) is 46.5 Å². The summed E-state index contributed by atoms with van der Waals surface area (Å²) in [5.74, 6) is 0.493. The van der Waals surface area contributed by atoms with Crippen LogP contribution in [0.4, 0.5) is 0 Å². The van der Waals surface area contributed by atoms with Crippen LogP contribution in [-0.2, 0) is 0 Å². The number of nitriles is 1. The number of hydrogen-bond donors (Lipinski definition) is 1. The zero-order valence-electron chi connectivity index (χ0n) is 12.7. The second kappa shape index (κ2) is 6.15. The molecule has 1 atom stereocenters. The number of hydrogen-bond acceptors (Lipinski definition) is 4. The van der Waals surface area contributed by atoms with E-state index in [-0.39, 0.29) is 17.5 Å². The van der Waals surface area contributed by atoms with Crippen LogP contribution in [0.3, 0.4) is 0 Å². The minimum absolute atomic E-state index is 0.127. The van der Waals surface area contributed by atoms with Crippen LogP contribution in [0.1, 0.15) is 39.5 Å².